The Kier molecular flexibility index (Phi) is 4.53. The van der Waals surface area contributed by atoms with Crippen LogP contribution in [-0.2, 0) is 0 Å². The van der Waals surface area contributed by atoms with Crippen LogP contribution in [0.4, 0.5) is 11.4 Å². The van der Waals surface area contributed by atoms with Crippen molar-refractivity contribution in [3.63, 3.8) is 0 Å². The highest BCUT2D eigenvalue weighted by Gasteiger charge is 2.28. The van der Waals surface area contributed by atoms with Gasteiger partial charge in [-0.25, -0.2) is 4.79 Å². The van der Waals surface area contributed by atoms with Crippen LogP contribution in [0.25, 0.3) is 0 Å². The maximum atomic E-state index is 11.0. The Hall–Kier alpha value is -1.71. The van der Waals surface area contributed by atoms with Gasteiger partial charge in [0.05, 0.1) is 16.9 Å². The Morgan fingerprint density at radius 3 is 2.70 bits per heavy atom. The van der Waals surface area contributed by atoms with E-state index in [-0.39, 0.29) is 5.56 Å². The standard InChI is InChI=1S/C16H24N2O2/c1-3-11-6-4-5-7-14(11)18(2)15-9-8-12(16(19)20)10-13(15)17/h8-11,14H,3-7,17H2,1-2H3,(H,19,20). The van der Waals surface area contributed by atoms with E-state index in [1.165, 1.54) is 32.1 Å². The van der Waals surface area contributed by atoms with E-state index in [2.05, 4.69) is 18.9 Å². The molecular weight excluding hydrogens is 252 g/mol. The van der Waals surface area contributed by atoms with Gasteiger partial charge in [0.15, 0.2) is 0 Å². The van der Waals surface area contributed by atoms with Gasteiger partial charge in [-0.2, -0.15) is 0 Å². The molecule has 0 saturated heterocycles. The van der Waals surface area contributed by atoms with Crippen LogP contribution in [-0.4, -0.2) is 24.2 Å². The second-order valence-corrected chi connectivity index (χ2v) is 5.71. The first kappa shape index (κ1) is 14.7. The van der Waals surface area contributed by atoms with Crippen LogP contribution in [0.5, 0.6) is 0 Å². The molecule has 1 saturated carbocycles. The number of nitrogen functional groups attached to an aromatic ring is 1. The summed E-state index contributed by atoms with van der Waals surface area (Å²) in [7, 11) is 2.07. The van der Waals surface area contributed by atoms with Gasteiger partial charge in [-0.3, -0.25) is 0 Å². The highest BCUT2D eigenvalue weighted by molar-refractivity contribution is 5.90. The van der Waals surface area contributed by atoms with Gasteiger partial charge in [-0.05, 0) is 37.0 Å². The van der Waals surface area contributed by atoms with E-state index in [1.54, 1.807) is 12.1 Å². The van der Waals surface area contributed by atoms with Crippen molar-refractivity contribution in [3.8, 4) is 0 Å². The summed E-state index contributed by atoms with van der Waals surface area (Å²) in [5.41, 5.74) is 7.79. The smallest absolute Gasteiger partial charge is 0.335 e. The molecule has 1 aromatic rings. The molecular formula is C16H24N2O2. The topological polar surface area (TPSA) is 66.6 Å². The van der Waals surface area contributed by atoms with Gasteiger partial charge in [0.2, 0.25) is 0 Å². The monoisotopic (exact) mass is 276 g/mol. The number of carboxylic acids is 1. The second-order valence-electron chi connectivity index (χ2n) is 5.71. The zero-order valence-electron chi connectivity index (χ0n) is 12.3. The first-order valence-electron chi connectivity index (χ1n) is 7.40. The number of hydrogen-bond donors (Lipinski definition) is 2. The van der Waals surface area contributed by atoms with Crippen LogP contribution < -0.4 is 10.6 Å². The minimum absolute atomic E-state index is 0.246. The minimum atomic E-state index is -0.935. The lowest BCUT2D eigenvalue weighted by atomic mass is 9.82. The second kappa shape index (κ2) is 6.16. The third-order valence-corrected chi connectivity index (χ3v) is 4.55. The summed E-state index contributed by atoms with van der Waals surface area (Å²) in [5, 5.41) is 9.00. The van der Waals surface area contributed by atoms with Crippen molar-refractivity contribution >= 4 is 17.3 Å². The largest absolute Gasteiger partial charge is 0.478 e. The van der Waals surface area contributed by atoms with E-state index in [4.69, 9.17) is 10.8 Å². The van der Waals surface area contributed by atoms with E-state index >= 15 is 0 Å². The van der Waals surface area contributed by atoms with Crippen molar-refractivity contribution in [3.05, 3.63) is 23.8 Å². The van der Waals surface area contributed by atoms with Crippen molar-refractivity contribution in [2.75, 3.05) is 17.7 Å². The van der Waals surface area contributed by atoms with Crippen molar-refractivity contribution < 1.29 is 9.90 Å². The van der Waals surface area contributed by atoms with Crippen LogP contribution in [0.3, 0.4) is 0 Å². The van der Waals surface area contributed by atoms with Gasteiger partial charge in [0, 0.05) is 13.1 Å². The summed E-state index contributed by atoms with van der Waals surface area (Å²) in [6.45, 7) is 2.24. The number of anilines is 2. The predicted octanol–water partition coefficient (Wildman–Crippen LogP) is 3.37. The lowest BCUT2D eigenvalue weighted by Crippen LogP contribution is -2.40. The minimum Gasteiger partial charge on any atom is -0.478 e. The first-order valence-corrected chi connectivity index (χ1v) is 7.40. The molecule has 4 nitrogen and oxygen atoms in total. The third-order valence-electron chi connectivity index (χ3n) is 4.55. The van der Waals surface area contributed by atoms with Gasteiger partial charge in [0.25, 0.3) is 0 Å². The van der Waals surface area contributed by atoms with E-state index < -0.39 is 5.97 Å². The van der Waals surface area contributed by atoms with Crippen LogP contribution in [0, 0.1) is 5.92 Å². The average molecular weight is 276 g/mol. The van der Waals surface area contributed by atoms with Gasteiger partial charge >= 0.3 is 5.97 Å². The Morgan fingerprint density at radius 1 is 1.40 bits per heavy atom. The number of nitrogens with two attached hydrogens (primary N) is 1. The molecule has 4 heteroatoms. The maximum Gasteiger partial charge on any atom is 0.335 e. The fourth-order valence-corrected chi connectivity index (χ4v) is 3.36. The molecule has 2 unspecified atom stereocenters. The molecule has 20 heavy (non-hydrogen) atoms. The highest BCUT2D eigenvalue weighted by Crippen LogP contribution is 2.34. The molecule has 1 fully saturated rings. The van der Waals surface area contributed by atoms with Crippen molar-refractivity contribution in [1.29, 1.82) is 0 Å². The molecule has 110 valence electrons. The van der Waals surface area contributed by atoms with Gasteiger partial charge in [-0.15, -0.1) is 0 Å². The molecule has 0 heterocycles. The van der Waals surface area contributed by atoms with E-state index in [0.29, 0.717) is 17.6 Å². The number of hydrogen-bond acceptors (Lipinski definition) is 3. The quantitative estimate of drug-likeness (QED) is 0.827. The molecule has 3 N–H and O–H groups in total. The third kappa shape index (κ3) is 2.89. The summed E-state index contributed by atoms with van der Waals surface area (Å²) < 4.78 is 0. The lowest BCUT2D eigenvalue weighted by Gasteiger charge is -2.39. The SMILES string of the molecule is CCC1CCCCC1N(C)c1ccc(C(=O)O)cc1N. The van der Waals surface area contributed by atoms with Crippen LogP contribution in [0.1, 0.15) is 49.4 Å². The van der Waals surface area contributed by atoms with Crippen molar-refractivity contribution in [2.24, 2.45) is 5.92 Å². The molecule has 1 aliphatic carbocycles. The Balaban J connectivity index is 2.23. The fourth-order valence-electron chi connectivity index (χ4n) is 3.36. The number of carboxylic acid groups (broad SMARTS) is 1. The molecule has 0 radical (unpaired) electrons. The summed E-state index contributed by atoms with van der Waals surface area (Å²) in [6, 6.07) is 5.53. The first-order chi connectivity index (χ1) is 9.54. The van der Waals surface area contributed by atoms with Crippen LogP contribution in [0.2, 0.25) is 0 Å². The summed E-state index contributed by atoms with van der Waals surface area (Å²) in [6.07, 6.45) is 6.23. The van der Waals surface area contributed by atoms with E-state index in [1.807, 2.05) is 6.07 Å². The molecule has 2 atom stereocenters. The van der Waals surface area contributed by atoms with Gasteiger partial charge in [0.1, 0.15) is 0 Å². The van der Waals surface area contributed by atoms with Crippen LogP contribution in [0.15, 0.2) is 18.2 Å². The number of rotatable bonds is 4. The Bertz CT molecular complexity index is 487. The Morgan fingerprint density at radius 2 is 2.10 bits per heavy atom. The molecule has 0 aliphatic heterocycles. The molecule has 0 bridgehead atoms. The lowest BCUT2D eigenvalue weighted by molar-refractivity contribution is 0.0697. The molecule has 2 rings (SSSR count). The number of carbonyl (C=O) groups is 1. The Labute approximate surface area is 120 Å². The maximum absolute atomic E-state index is 11.0. The molecule has 0 amide bonds. The highest BCUT2D eigenvalue weighted by atomic mass is 16.4. The van der Waals surface area contributed by atoms with Crippen molar-refractivity contribution in [1.82, 2.24) is 0 Å². The molecule has 0 spiro atoms. The summed E-state index contributed by atoms with van der Waals surface area (Å²) >= 11 is 0. The average Bonchev–Trinajstić information content (AvgIpc) is 2.46. The summed E-state index contributed by atoms with van der Waals surface area (Å²) in [4.78, 5) is 13.2. The van der Waals surface area contributed by atoms with E-state index in [0.717, 1.165) is 5.69 Å². The zero-order chi connectivity index (χ0) is 14.7. The molecule has 0 aromatic heterocycles. The number of nitrogens with zero attached hydrogens (tertiary/aromatic N) is 1. The van der Waals surface area contributed by atoms with E-state index in [9.17, 15) is 4.79 Å². The fraction of sp³-hybridized carbons (Fsp3) is 0.562. The zero-order valence-corrected chi connectivity index (χ0v) is 12.3. The van der Waals surface area contributed by atoms with Gasteiger partial charge in [-0.1, -0.05) is 26.2 Å². The summed E-state index contributed by atoms with van der Waals surface area (Å²) in [5.74, 6) is -0.234. The molecule has 1 aromatic carbocycles. The predicted molar refractivity (Wildman–Crippen MR) is 82.3 cm³/mol. The molecule has 1 aliphatic rings. The van der Waals surface area contributed by atoms with Gasteiger partial charge < -0.3 is 15.7 Å². The van der Waals surface area contributed by atoms with Crippen LogP contribution >= 0.6 is 0 Å². The number of aromatic carboxylic acids is 1. The normalized spacial score (nSPS) is 22.5. The van der Waals surface area contributed by atoms with Crippen molar-refractivity contribution in [2.45, 2.75) is 45.1 Å². The number of benzene rings is 1.